The van der Waals surface area contributed by atoms with Crippen molar-refractivity contribution >= 4 is 17.1 Å². The molecule has 0 saturated heterocycles. The Morgan fingerprint density at radius 3 is 1.40 bits per heavy atom. The molecule has 0 amide bonds. The van der Waals surface area contributed by atoms with Crippen molar-refractivity contribution in [1.29, 1.82) is 0 Å². The molecule has 0 bridgehead atoms. The summed E-state index contributed by atoms with van der Waals surface area (Å²) < 4.78 is 0. The van der Waals surface area contributed by atoms with Gasteiger partial charge in [-0.1, -0.05) is 159 Å². The third-order valence-electron chi connectivity index (χ3n) is 13.0. The Kier molecular flexibility index (Phi) is 6.72. The number of rotatable bonds is 4. The lowest BCUT2D eigenvalue weighted by Gasteiger charge is -2.33. The van der Waals surface area contributed by atoms with Crippen LogP contribution in [0.25, 0.3) is 44.5 Å². The fourth-order valence-electron chi connectivity index (χ4n) is 10.5. The van der Waals surface area contributed by atoms with E-state index in [9.17, 15) is 0 Å². The Morgan fingerprint density at radius 2 is 0.800 bits per heavy atom. The molecule has 0 aliphatic heterocycles. The summed E-state index contributed by atoms with van der Waals surface area (Å²) in [6, 6.07) is 66.2. The van der Waals surface area contributed by atoms with Crippen molar-refractivity contribution in [1.82, 2.24) is 0 Å². The van der Waals surface area contributed by atoms with Crippen LogP contribution >= 0.6 is 0 Å². The molecule has 8 aromatic rings. The average Bonchev–Trinajstić information content (AvgIpc) is 3.77. The Morgan fingerprint density at radius 1 is 0.345 bits per heavy atom. The summed E-state index contributed by atoms with van der Waals surface area (Å²) in [6.07, 6.45) is 0. The van der Waals surface area contributed by atoms with Crippen molar-refractivity contribution < 1.29 is 0 Å². The number of benzene rings is 8. The molecule has 55 heavy (non-hydrogen) atoms. The van der Waals surface area contributed by atoms with E-state index in [-0.39, 0.29) is 5.41 Å². The Balaban J connectivity index is 1.20. The molecule has 1 spiro atoms. The summed E-state index contributed by atoms with van der Waals surface area (Å²) in [5, 5.41) is 0. The van der Waals surface area contributed by atoms with Gasteiger partial charge in [0, 0.05) is 22.4 Å². The van der Waals surface area contributed by atoms with E-state index in [0.29, 0.717) is 0 Å². The van der Waals surface area contributed by atoms with Crippen molar-refractivity contribution in [2.75, 3.05) is 4.90 Å². The SMILES string of the molecule is Cc1ccccc1-c1ccc(N(c2ccc3c(c2)C2(c4ccccc4-c4ccccc42)c2ccccc2-3)c2cccc3c2-c2ccccc2C3(C)C)cc1C. The van der Waals surface area contributed by atoms with Gasteiger partial charge in [-0.2, -0.15) is 0 Å². The van der Waals surface area contributed by atoms with Crippen LogP contribution in [0.3, 0.4) is 0 Å². The van der Waals surface area contributed by atoms with Gasteiger partial charge in [-0.3, -0.25) is 0 Å². The minimum absolute atomic E-state index is 0.112. The van der Waals surface area contributed by atoms with Crippen molar-refractivity contribution in [2.45, 2.75) is 38.5 Å². The molecular formula is C54H41N. The number of fused-ring (bicyclic) bond motifs is 13. The fraction of sp³-hybridized carbons (Fsp3) is 0.111. The quantitative estimate of drug-likeness (QED) is 0.176. The number of hydrogen-bond acceptors (Lipinski definition) is 1. The molecule has 3 aliphatic carbocycles. The number of aryl methyl sites for hydroxylation is 2. The summed E-state index contributed by atoms with van der Waals surface area (Å²) in [5.41, 5.74) is 24.2. The van der Waals surface area contributed by atoms with Crippen LogP contribution in [-0.4, -0.2) is 0 Å². The largest absolute Gasteiger partial charge is 0.310 e. The van der Waals surface area contributed by atoms with Crippen molar-refractivity contribution in [3.8, 4) is 44.5 Å². The van der Waals surface area contributed by atoms with Gasteiger partial charge in [-0.05, 0) is 128 Å². The maximum atomic E-state index is 2.54. The van der Waals surface area contributed by atoms with E-state index in [2.05, 4.69) is 209 Å². The van der Waals surface area contributed by atoms with Crippen molar-refractivity contribution in [3.05, 3.63) is 220 Å². The second kappa shape index (κ2) is 11.5. The van der Waals surface area contributed by atoms with Gasteiger partial charge in [0.1, 0.15) is 0 Å². The highest BCUT2D eigenvalue weighted by atomic mass is 15.1. The van der Waals surface area contributed by atoms with E-state index in [1.54, 1.807) is 0 Å². The average molecular weight is 704 g/mol. The van der Waals surface area contributed by atoms with Crippen LogP contribution in [0.2, 0.25) is 0 Å². The highest BCUT2D eigenvalue weighted by molar-refractivity contribution is 5.99. The van der Waals surface area contributed by atoms with E-state index in [0.717, 1.165) is 11.4 Å². The molecule has 3 aliphatic rings. The molecule has 8 aromatic carbocycles. The summed E-state index contributed by atoms with van der Waals surface area (Å²) >= 11 is 0. The fourth-order valence-corrected chi connectivity index (χ4v) is 10.5. The molecule has 0 radical (unpaired) electrons. The molecule has 0 atom stereocenters. The van der Waals surface area contributed by atoms with Crippen LogP contribution in [-0.2, 0) is 10.8 Å². The Labute approximate surface area is 324 Å². The smallest absolute Gasteiger partial charge is 0.0726 e. The standard InChI is InChI=1S/C54H41N/c1-34-16-5-6-17-38(34)39-30-28-36(32-35(39)2)55(51-27-15-26-49-52(51)44-21-10-11-22-45(44)53(49,3)4)37-29-31-43-42-20-9-14-25-48(42)54(50(43)33-37)46-23-12-7-18-40(46)41-19-8-13-24-47(41)54/h5-33H,1-4H3. The van der Waals surface area contributed by atoms with Crippen LogP contribution in [0.5, 0.6) is 0 Å². The molecule has 0 heterocycles. The lowest BCUT2D eigenvalue weighted by atomic mass is 9.70. The van der Waals surface area contributed by atoms with Gasteiger partial charge in [-0.15, -0.1) is 0 Å². The number of nitrogens with zero attached hydrogens (tertiary/aromatic N) is 1. The van der Waals surface area contributed by atoms with Crippen LogP contribution in [0, 0.1) is 13.8 Å². The first-order valence-corrected chi connectivity index (χ1v) is 19.5. The third-order valence-corrected chi connectivity index (χ3v) is 13.0. The molecule has 0 fully saturated rings. The zero-order chi connectivity index (χ0) is 37.1. The first-order valence-electron chi connectivity index (χ1n) is 19.5. The minimum Gasteiger partial charge on any atom is -0.310 e. The van der Waals surface area contributed by atoms with Gasteiger partial charge < -0.3 is 4.90 Å². The first-order chi connectivity index (χ1) is 26.9. The summed E-state index contributed by atoms with van der Waals surface area (Å²) in [4.78, 5) is 2.54. The van der Waals surface area contributed by atoms with E-state index in [1.165, 1.54) is 94.7 Å². The van der Waals surface area contributed by atoms with Gasteiger partial charge in [0.05, 0.1) is 11.1 Å². The van der Waals surface area contributed by atoms with Gasteiger partial charge in [0.25, 0.3) is 0 Å². The van der Waals surface area contributed by atoms with Crippen LogP contribution < -0.4 is 4.90 Å². The molecule has 0 aromatic heterocycles. The Bertz CT molecular complexity index is 2820. The molecular weight excluding hydrogens is 663 g/mol. The molecule has 262 valence electrons. The van der Waals surface area contributed by atoms with Gasteiger partial charge in [-0.25, -0.2) is 0 Å². The van der Waals surface area contributed by atoms with Gasteiger partial charge in [0.15, 0.2) is 0 Å². The van der Waals surface area contributed by atoms with Crippen LogP contribution in [0.4, 0.5) is 17.1 Å². The minimum atomic E-state index is -0.418. The molecule has 0 N–H and O–H groups in total. The summed E-state index contributed by atoms with van der Waals surface area (Å²) in [5.74, 6) is 0. The first kappa shape index (κ1) is 32.0. The highest BCUT2D eigenvalue weighted by Gasteiger charge is 2.51. The van der Waals surface area contributed by atoms with Crippen LogP contribution in [0.1, 0.15) is 58.4 Å². The number of hydrogen-bond donors (Lipinski definition) is 0. The van der Waals surface area contributed by atoms with Crippen LogP contribution in [0.15, 0.2) is 176 Å². The molecule has 1 heteroatoms. The molecule has 0 saturated carbocycles. The van der Waals surface area contributed by atoms with Crippen molar-refractivity contribution in [2.24, 2.45) is 0 Å². The molecule has 11 rings (SSSR count). The predicted octanol–water partition coefficient (Wildman–Crippen LogP) is 14.1. The second-order valence-electron chi connectivity index (χ2n) is 16.1. The maximum Gasteiger partial charge on any atom is 0.0726 e. The highest BCUT2D eigenvalue weighted by Crippen LogP contribution is 2.63. The topological polar surface area (TPSA) is 3.24 Å². The zero-order valence-corrected chi connectivity index (χ0v) is 31.7. The lowest BCUT2D eigenvalue weighted by molar-refractivity contribution is 0.660. The third kappa shape index (κ3) is 4.24. The molecule has 0 unspecified atom stereocenters. The number of anilines is 3. The maximum absolute atomic E-state index is 2.54. The second-order valence-corrected chi connectivity index (χ2v) is 16.1. The normalized spacial score (nSPS) is 14.5. The van der Waals surface area contributed by atoms with Crippen molar-refractivity contribution in [3.63, 3.8) is 0 Å². The molecule has 1 nitrogen and oxygen atoms in total. The van der Waals surface area contributed by atoms with Gasteiger partial charge >= 0.3 is 0 Å². The lowest BCUT2D eigenvalue weighted by Crippen LogP contribution is -2.26. The van der Waals surface area contributed by atoms with Gasteiger partial charge in [0.2, 0.25) is 0 Å². The van der Waals surface area contributed by atoms with E-state index >= 15 is 0 Å². The Hall–Kier alpha value is -6.44. The van der Waals surface area contributed by atoms with E-state index in [1.807, 2.05) is 0 Å². The monoisotopic (exact) mass is 703 g/mol. The summed E-state index contributed by atoms with van der Waals surface area (Å²) in [7, 11) is 0. The summed E-state index contributed by atoms with van der Waals surface area (Å²) in [6.45, 7) is 9.22. The van der Waals surface area contributed by atoms with E-state index in [4.69, 9.17) is 0 Å². The predicted molar refractivity (Wildman–Crippen MR) is 230 cm³/mol. The zero-order valence-electron chi connectivity index (χ0n) is 31.7. The van der Waals surface area contributed by atoms with E-state index < -0.39 is 5.41 Å².